The number of hydrogen-bond donors (Lipinski definition) is 0. The molecule has 1 aliphatic heterocycles. The van der Waals surface area contributed by atoms with Crippen LogP contribution < -0.4 is 4.74 Å². The molecule has 0 saturated heterocycles. The topological polar surface area (TPSA) is 9.23 Å². The lowest BCUT2D eigenvalue weighted by Gasteiger charge is -2.29. The van der Waals surface area contributed by atoms with Gasteiger partial charge in [0.2, 0.25) is 0 Å². The highest BCUT2D eigenvalue weighted by atomic mass is 16.5. The van der Waals surface area contributed by atoms with Gasteiger partial charge in [0.15, 0.2) is 0 Å². The summed E-state index contributed by atoms with van der Waals surface area (Å²) >= 11 is 0. The number of ether oxygens (including phenoxy) is 1. The summed E-state index contributed by atoms with van der Waals surface area (Å²) < 4.78 is 6.34. The smallest absolute Gasteiger partial charge is 0.127 e. The zero-order valence-corrected chi connectivity index (χ0v) is 12.0. The Morgan fingerprint density at radius 2 is 1.82 bits per heavy atom. The maximum Gasteiger partial charge on any atom is 0.127 e. The molecule has 0 bridgehead atoms. The van der Waals surface area contributed by atoms with Crippen LogP contribution in [-0.4, -0.2) is 5.60 Å². The molecule has 2 atom stereocenters. The summed E-state index contributed by atoms with van der Waals surface area (Å²) in [5, 5.41) is 0. The maximum atomic E-state index is 6.34. The highest BCUT2D eigenvalue weighted by Crippen LogP contribution is 2.51. The minimum absolute atomic E-state index is 0.0135. The lowest BCUT2D eigenvalue weighted by atomic mass is 9.79. The molecule has 1 aliphatic rings. The Labute approximate surface area is 105 Å². The number of aryl methyl sites for hydroxylation is 2. The minimum Gasteiger partial charge on any atom is -0.486 e. The highest BCUT2D eigenvalue weighted by Gasteiger charge is 2.43. The molecule has 2 unspecified atom stereocenters. The van der Waals surface area contributed by atoms with E-state index >= 15 is 0 Å². The van der Waals surface area contributed by atoms with Crippen molar-refractivity contribution in [2.24, 2.45) is 0 Å². The molecule has 2 rings (SSSR count). The van der Waals surface area contributed by atoms with Gasteiger partial charge in [0.25, 0.3) is 0 Å². The standard InChI is InChI=1S/C16H24O/c1-7-13-14-11(4)9-10(3)12(5)15(14)17-16(13,6)8-2/h9,13H,7-8H2,1-6H3. The van der Waals surface area contributed by atoms with E-state index in [0.717, 1.165) is 12.8 Å². The second kappa shape index (κ2) is 4.04. The summed E-state index contributed by atoms with van der Waals surface area (Å²) in [5.74, 6) is 1.71. The molecule has 1 heteroatoms. The molecule has 0 aliphatic carbocycles. The summed E-state index contributed by atoms with van der Waals surface area (Å²) in [4.78, 5) is 0. The van der Waals surface area contributed by atoms with Gasteiger partial charge in [0.1, 0.15) is 11.4 Å². The van der Waals surface area contributed by atoms with Crippen LogP contribution in [0.4, 0.5) is 0 Å². The van der Waals surface area contributed by atoms with E-state index in [1.54, 1.807) is 0 Å². The van der Waals surface area contributed by atoms with Crippen molar-refractivity contribution in [3.8, 4) is 5.75 Å². The molecule has 0 radical (unpaired) electrons. The third-order valence-electron chi connectivity index (χ3n) is 4.57. The molecule has 0 fully saturated rings. The van der Waals surface area contributed by atoms with E-state index in [4.69, 9.17) is 4.74 Å². The summed E-state index contributed by atoms with van der Waals surface area (Å²) in [5.41, 5.74) is 5.50. The van der Waals surface area contributed by atoms with Gasteiger partial charge in [-0.25, -0.2) is 0 Å². The Morgan fingerprint density at radius 1 is 1.18 bits per heavy atom. The monoisotopic (exact) mass is 232 g/mol. The van der Waals surface area contributed by atoms with Crippen LogP contribution in [0.15, 0.2) is 6.07 Å². The minimum atomic E-state index is -0.0135. The van der Waals surface area contributed by atoms with Gasteiger partial charge < -0.3 is 4.74 Å². The fraction of sp³-hybridized carbons (Fsp3) is 0.625. The quantitative estimate of drug-likeness (QED) is 0.720. The first-order valence-corrected chi connectivity index (χ1v) is 6.74. The van der Waals surface area contributed by atoms with Crippen LogP contribution in [0.3, 0.4) is 0 Å². The average molecular weight is 232 g/mol. The van der Waals surface area contributed by atoms with E-state index in [0.29, 0.717) is 5.92 Å². The van der Waals surface area contributed by atoms with Gasteiger partial charge in [-0.3, -0.25) is 0 Å². The van der Waals surface area contributed by atoms with Crippen LogP contribution >= 0.6 is 0 Å². The Hall–Kier alpha value is -0.980. The molecular weight excluding hydrogens is 208 g/mol. The number of hydrogen-bond acceptors (Lipinski definition) is 1. The number of rotatable bonds is 2. The van der Waals surface area contributed by atoms with Crippen LogP contribution in [0.5, 0.6) is 5.75 Å². The predicted octanol–water partition coefficient (Wildman–Crippen LogP) is 4.67. The van der Waals surface area contributed by atoms with E-state index in [1.165, 1.54) is 28.0 Å². The van der Waals surface area contributed by atoms with Crippen LogP contribution in [0.2, 0.25) is 0 Å². The fourth-order valence-corrected chi connectivity index (χ4v) is 3.20. The number of benzene rings is 1. The molecule has 1 aromatic carbocycles. The maximum absolute atomic E-state index is 6.34. The molecule has 1 heterocycles. The lowest BCUT2D eigenvalue weighted by Crippen LogP contribution is -2.33. The van der Waals surface area contributed by atoms with E-state index in [-0.39, 0.29) is 5.60 Å². The molecule has 17 heavy (non-hydrogen) atoms. The van der Waals surface area contributed by atoms with E-state index in [9.17, 15) is 0 Å². The molecule has 0 saturated carbocycles. The summed E-state index contributed by atoms with van der Waals surface area (Å²) in [6.45, 7) is 13.3. The highest BCUT2D eigenvalue weighted by molar-refractivity contribution is 5.55. The first-order valence-electron chi connectivity index (χ1n) is 6.74. The van der Waals surface area contributed by atoms with Crippen molar-refractivity contribution < 1.29 is 4.74 Å². The van der Waals surface area contributed by atoms with Crippen molar-refractivity contribution >= 4 is 0 Å². The molecule has 0 N–H and O–H groups in total. The van der Waals surface area contributed by atoms with Gasteiger partial charge in [0.05, 0.1) is 0 Å². The van der Waals surface area contributed by atoms with Crippen molar-refractivity contribution in [1.29, 1.82) is 0 Å². The second-order valence-corrected chi connectivity index (χ2v) is 5.61. The molecule has 0 amide bonds. The lowest BCUT2D eigenvalue weighted by molar-refractivity contribution is 0.0818. The summed E-state index contributed by atoms with van der Waals surface area (Å²) in [6, 6.07) is 2.31. The third kappa shape index (κ3) is 1.67. The molecule has 1 aromatic rings. The van der Waals surface area contributed by atoms with Gasteiger partial charge in [-0.1, -0.05) is 19.9 Å². The summed E-state index contributed by atoms with van der Waals surface area (Å²) in [6.07, 6.45) is 2.22. The van der Waals surface area contributed by atoms with Crippen LogP contribution in [-0.2, 0) is 0 Å². The van der Waals surface area contributed by atoms with Crippen molar-refractivity contribution in [3.05, 3.63) is 28.3 Å². The van der Waals surface area contributed by atoms with Crippen LogP contribution in [0, 0.1) is 20.8 Å². The van der Waals surface area contributed by atoms with Gasteiger partial charge in [-0.15, -0.1) is 0 Å². The second-order valence-electron chi connectivity index (χ2n) is 5.61. The zero-order chi connectivity index (χ0) is 12.8. The Morgan fingerprint density at radius 3 is 2.35 bits per heavy atom. The molecule has 94 valence electrons. The summed E-state index contributed by atoms with van der Waals surface area (Å²) in [7, 11) is 0. The third-order valence-corrected chi connectivity index (χ3v) is 4.57. The van der Waals surface area contributed by atoms with Crippen LogP contribution in [0.1, 0.15) is 61.8 Å². The molecule has 1 nitrogen and oxygen atoms in total. The van der Waals surface area contributed by atoms with E-state index in [2.05, 4.69) is 47.6 Å². The molecular formula is C16H24O. The first kappa shape index (κ1) is 12.5. The SMILES string of the molecule is CCC1c2c(C)cc(C)c(C)c2OC1(C)CC. The Balaban J connectivity index is 2.64. The van der Waals surface area contributed by atoms with Crippen LogP contribution in [0.25, 0.3) is 0 Å². The van der Waals surface area contributed by atoms with E-state index < -0.39 is 0 Å². The Kier molecular flexibility index (Phi) is 2.97. The normalized spacial score (nSPS) is 26.8. The van der Waals surface area contributed by atoms with E-state index in [1.807, 2.05) is 0 Å². The zero-order valence-electron chi connectivity index (χ0n) is 12.0. The van der Waals surface area contributed by atoms with Gasteiger partial charge >= 0.3 is 0 Å². The van der Waals surface area contributed by atoms with Crippen molar-refractivity contribution in [2.75, 3.05) is 0 Å². The molecule has 0 aromatic heterocycles. The largest absolute Gasteiger partial charge is 0.486 e. The van der Waals surface area contributed by atoms with Gasteiger partial charge in [-0.05, 0) is 57.2 Å². The van der Waals surface area contributed by atoms with Gasteiger partial charge in [0, 0.05) is 11.5 Å². The fourth-order valence-electron chi connectivity index (χ4n) is 3.20. The predicted molar refractivity (Wildman–Crippen MR) is 73.0 cm³/mol. The van der Waals surface area contributed by atoms with Crippen molar-refractivity contribution in [1.82, 2.24) is 0 Å². The Bertz CT molecular complexity index is 447. The van der Waals surface area contributed by atoms with Crippen molar-refractivity contribution in [2.45, 2.75) is 65.9 Å². The van der Waals surface area contributed by atoms with Crippen molar-refractivity contribution in [3.63, 3.8) is 0 Å². The molecule has 0 spiro atoms. The number of fused-ring (bicyclic) bond motifs is 1. The van der Waals surface area contributed by atoms with Gasteiger partial charge in [-0.2, -0.15) is 0 Å². The first-order chi connectivity index (χ1) is 7.94. The average Bonchev–Trinajstić information content (AvgIpc) is 2.60.